The molecular weight excluding hydrogens is 217 g/mol. The zero-order valence-corrected chi connectivity index (χ0v) is 10.3. The first-order chi connectivity index (χ1) is 8.09. The number of phenols is 1. The van der Waals surface area contributed by atoms with E-state index in [1.54, 1.807) is 6.92 Å². The molecule has 17 heavy (non-hydrogen) atoms. The first-order valence-electron chi connectivity index (χ1n) is 6.29. The molecule has 0 saturated heterocycles. The zero-order valence-electron chi connectivity index (χ0n) is 10.3. The normalized spacial score (nSPS) is 19.2. The summed E-state index contributed by atoms with van der Waals surface area (Å²) in [6.07, 6.45) is 5.30. The van der Waals surface area contributed by atoms with Gasteiger partial charge >= 0.3 is 0 Å². The van der Waals surface area contributed by atoms with Crippen LogP contribution in [0.15, 0.2) is 12.1 Å². The molecule has 0 aromatic heterocycles. The third-order valence-corrected chi connectivity index (χ3v) is 4.05. The number of hydrogen-bond donors (Lipinski definition) is 2. The molecule has 3 N–H and O–H groups in total. The van der Waals surface area contributed by atoms with Crippen molar-refractivity contribution >= 4 is 0 Å². The first-order valence-corrected chi connectivity index (χ1v) is 6.29. The summed E-state index contributed by atoms with van der Waals surface area (Å²) in [4.78, 5) is 0. The number of aryl methyl sites for hydroxylation is 1. The van der Waals surface area contributed by atoms with Gasteiger partial charge in [-0.25, -0.2) is 4.39 Å². The van der Waals surface area contributed by atoms with Gasteiger partial charge in [-0.2, -0.15) is 0 Å². The minimum absolute atomic E-state index is 0.191. The number of benzene rings is 1. The summed E-state index contributed by atoms with van der Waals surface area (Å²) in [5.41, 5.74) is 6.85. The van der Waals surface area contributed by atoms with Crippen LogP contribution < -0.4 is 5.73 Å². The highest BCUT2D eigenvalue weighted by Gasteiger charge is 2.35. The van der Waals surface area contributed by atoms with Crippen LogP contribution in [0, 0.1) is 12.7 Å². The fourth-order valence-electron chi connectivity index (χ4n) is 2.90. The van der Waals surface area contributed by atoms with Crippen molar-refractivity contribution in [2.75, 3.05) is 6.54 Å². The highest BCUT2D eigenvalue weighted by Crippen LogP contribution is 2.42. The topological polar surface area (TPSA) is 46.2 Å². The lowest BCUT2D eigenvalue weighted by Gasteiger charge is -2.37. The molecule has 0 spiro atoms. The third kappa shape index (κ3) is 2.16. The third-order valence-electron chi connectivity index (χ3n) is 4.05. The molecule has 0 heterocycles. The molecule has 0 bridgehead atoms. The van der Waals surface area contributed by atoms with Crippen LogP contribution in [0.25, 0.3) is 0 Å². The quantitative estimate of drug-likeness (QED) is 0.830. The molecule has 94 valence electrons. The lowest BCUT2D eigenvalue weighted by atomic mass is 9.69. The lowest BCUT2D eigenvalue weighted by Crippen LogP contribution is -2.37. The van der Waals surface area contributed by atoms with Crippen molar-refractivity contribution in [1.82, 2.24) is 0 Å². The number of hydrogen-bond acceptors (Lipinski definition) is 2. The van der Waals surface area contributed by atoms with Gasteiger partial charge in [0.1, 0.15) is 11.6 Å². The Morgan fingerprint density at radius 1 is 1.29 bits per heavy atom. The summed E-state index contributed by atoms with van der Waals surface area (Å²) in [5.74, 6) is -0.0625. The van der Waals surface area contributed by atoms with E-state index in [9.17, 15) is 9.50 Å². The summed E-state index contributed by atoms with van der Waals surface area (Å²) < 4.78 is 13.7. The van der Waals surface area contributed by atoms with E-state index in [0.717, 1.165) is 25.7 Å². The van der Waals surface area contributed by atoms with Crippen LogP contribution in [0.2, 0.25) is 0 Å². The van der Waals surface area contributed by atoms with Gasteiger partial charge in [0, 0.05) is 17.5 Å². The Morgan fingerprint density at radius 2 is 1.94 bits per heavy atom. The van der Waals surface area contributed by atoms with Crippen molar-refractivity contribution in [3.8, 4) is 5.75 Å². The smallest absolute Gasteiger partial charge is 0.126 e. The van der Waals surface area contributed by atoms with Gasteiger partial charge in [-0.05, 0) is 37.5 Å². The fraction of sp³-hybridized carbons (Fsp3) is 0.571. The Morgan fingerprint density at radius 3 is 2.53 bits per heavy atom. The highest BCUT2D eigenvalue weighted by atomic mass is 19.1. The second kappa shape index (κ2) is 4.65. The molecular formula is C14H20FNO. The van der Waals surface area contributed by atoms with E-state index in [-0.39, 0.29) is 17.0 Å². The predicted molar refractivity (Wildman–Crippen MR) is 66.6 cm³/mol. The van der Waals surface area contributed by atoms with E-state index in [1.807, 2.05) is 0 Å². The maximum absolute atomic E-state index is 13.7. The molecule has 2 nitrogen and oxygen atoms in total. The van der Waals surface area contributed by atoms with Gasteiger partial charge in [0.2, 0.25) is 0 Å². The number of halogens is 1. The Labute approximate surface area is 102 Å². The summed E-state index contributed by atoms with van der Waals surface area (Å²) in [6, 6.07) is 2.99. The average Bonchev–Trinajstić information content (AvgIpc) is 2.34. The standard InChI is InChI=1S/C14H20FNO/c1-10-7-13(17)11(8-12(10)15)14(9-16)5-3-2-4-6-14/h7-8,17H,2-6,9,16H2,1H3. The maximum atomic E-state index is 13.7. The van der Waals surface area contributed by atoms with Crippen molar-refractivity contribution in [1.29, 1.82) is 0 Å². The van der Waals surface area contributed by atoms with Crippen molar-refractivity contribution in [2.24, 2.45) is 5.73 Å². The average molecular weight is 237 g/mol. The Kier molecular flexibility index (Phi) is 3.38. The van der Waals surface area contributed by atoms with Gasteiger partial charge in [-0.1, -0.05) is 19.3 Å². The Hall–Kier alpha value is -1.09. The summed E-state index contributed by atoms with van der Waals surface area (Å²) in [5, 5.41) is 10.0. The van der Waals surface area contributed by atoms with Gasteiger partial charge in [-0.15, -0.1) is 0 Å². The second-order valence-corrected chi connectivity index (χ2v) is 5.16. The van der Waals surface area contributed by atoms with Crippen LogP contribution in [0.1, 0.15) is 43.2 Å². The minimum atomic E-state index is -0.254. The van der Waals surface area contributed by atoms with Crippen LogP contribution in [0.5, 0.6) is 5.75 Å². The van der Waals surface area contributed by atoms with Gasteiger partial charge in [0.25, 0.3) is 0 Å². The molecule has 0 unspecified atom stereocenters. The van der Waals surface area contributed by atoms with Gasteiger partial charge in [0.15, 0.2) is 0 Å². The number of phenolic OH excluding ortho intramolecular Hbond substituents is 1. The largest absolute Gasteiger partial charge is 0.508 e. The van der Waals surface area contributed by atoms with Crippen LogP contribution in [0.3, 0.4) is 0 Å². The molecule has 0 amide bonds. The number of aromatic hydroxyl groups is 1. The summed E-state index contributed by atoms with van der Waals surface area (Å²) in [7, 11) is 0. The van der Waals surface area contributed by atoms with E-state index < -0.39 is 0 Å². The van der Waals surface area contributed by atoms with Gasteiger partial charge in [0.05, 0.1) is 0 Å². The molecule has 1 aliphatic carbocycles. The molecule has 0 atom stereocenters. The van der Waals surface area contributed by atoms with E-state index in [1.165, 1.54) is 18.6 Å². The van der Waals surface area contributed by atoms with E-state index >= 15 is 0 Å². The van der Waals surface area contributed by atoms with Crippen LogP contribution in [0.4, 0.5) is 4.39 Å². The maximum Gasteiger partial charge on any atom is 0.126 e. The van der Waals surface area contributed by atoms with Crippen molar-refractivity contribution < 1.29 is 9.50 Å². The van der Waals surface area contributed by atoms with Crippen molar-refractivity contribution in [2.45, 2.75) is 44.4 Å². The first kappa shape index (κ1) is 12.4. The Bertz CT molecular complexity index is 411. The van der Waals surface area contributed by atoms with Crippen molar-refractivity contribution in [3.05, 3.63) is 29.1 Å². The summed E-state index contributed by atoms with van der Waals surface area (Å²) in [6.45, 7) is 2.14. The molecule has 1 saturated carbocycles. The molecule has 2 rings (SSSR count). The highest BCUT2D eigenvalue weighted by molar-refractivity contribution is 5.42. The van der Waals surface area contributed by atoms with Gasteiger partial charge < -0.3 is 10.8 Å². The lowest BCUT2D eigenvalue weighted by molar-refractivity contribution is 0.289. The fourth-order valence-corrected chi connectivity index (χ4v) is 2.90. The van der Waals surface area contributed by atoms with Crippen LogP contribution >= 0.6 is 0 Å². The van der Waals surface area contributed by atoms with Crippen LogP contribution in [-0.4, -0.2) is 11.7 Å². The number of rotatable bonds is 2. The molecule has 0 radical (unpaired) electrons. The van der Waals surface area contributed by atoms with Crippen molar-refractivity contribution in [3.63, 3.8) is 0 Å². The molecule has 1 aromatic rings. The SMILES string of the molecule is Cc1cc(O)c(C2(CN)CCCCC2)cc1F. The zero-order chi connectivity index (χ0) is 12.5. The monoisotopic (exact) mass is 237 g/mol. The number of nitrogens with two attached hydrogens (primary N) is 1. The Balaban J connectivity index is 2.46. The van der Waals surface area contributed by atoms with Crippen LogP contribution in [-0.2, 0) is 5.41 Å². The predicted octanol–water partition coefficient (Wildman–Crippen LogP) is 3.00. The molecule has 3 heteroatoms. The molecule has 0 aliphatic heterocycles. The van der Waals surface area contributed by atoms with E-state index in [2.05, 4.69) is 0 Å². The second-order valence-electron chi connectivity index (χ2n) is 5.16. The van der Waals surface area contributed by atoms with E-state index in [4.69, 9.17) is 5.73 Å². The molecule has 1 aromatic carbocycles. The molecule has 1 fully saturated rings. The summed E-state index contributed by atoms with van der Waals surface area (Å²) >= 11 is 0. The minimum Gasteiger partial charge on any atom is -0.508 e. The van der Waals surface area contributed by atoms with E-state index in [0.29, 0.717) is 17.7 Å². The molecule has 1 aliphatic rings. The van der Waals surface area contributed by atoms with Gasteiger partial charge in [-0.3, -0.25) is 0 Å².